The molecule has 1 saturated heterocycles. The van der Waals surface area contributed by atoms with Gasteiger partial charge in [-0.25, -0.2) is 0 Å². The van der Waals surface area contributed by atoms with Crippen LogP contribution in [0.5, 0.6) is 0 Å². The lowest BCUT2D eigenvalue weighted by Crippen LogP contribution is -2.59. The van der Waals surface area contributed by atoms with E-state index in [0.29, 0.717) is 0 Å². The van der Waals surface area contributed by atoms with Gasteiger partial charge in [0.25, 0.3) is 0 Å². The molecule has 0 aliphatic carbocycles. The Bertz CT molecular complexity index is 207. The van der Waals surface area contributed by atoms with E-state index in [2.05, 4.69) is 6.58 Å². The molecule has 15 heavy (non-hydrogen) atoms. The van der Waals surface area contributed by atoms with E-state index in [4.69, 9.17) is 14.6 Å². The first-order valence-corrected chi connectivity index (χ1v) is 4.64. The van der Waals surface area contributed by atoms with Gasteiger partial charge in [0.2, 0.25) is 0 Å². The van der Waals surface area contributed by atoms with Crippen molar-refractivity contribution in [2.45, 2.75) is 30.7 Å². The molecule has 88 valence electrons. The van der Waals surface area contributed by atoms with Crippen LogP contribution in [0.4, 0.5) is 0 Å². The van der Waals surface area contributed by atoms with Crippen molar-refractivity contribution in [3.63, 3.8) is 0 Å². The van der Waals surface area contributed by atoms with Gasteiger partial charge < -0.3 is 29.9 Å². The Morgan fingerprint density at radius 1 is 1.20 bits per heavy atom. The summed E-state index contributed by atoms with van der Waals surface area (Å²) in [5.41, 5.74) is 0. The molecule has 1 aliphatic heterocycles. The normalized spacial score (nSPS) is 41.5. The van der Waals surface area contributed by atoms with Gasteiger partial charge in [-0.2, -0.15) is 0 Å². The first kappa shape index (κ1) is 12.6. The van der Waals surface area contributed by atoms with Gasteiger partial charge >= 0.3 is 0 Å². The Labute approximate surface area is 87.4 Å². The summed E-state index contributed by atoms with van der Waals surface area (Å²) < 4.78 is 10.1. The quantitative estimate of drug-likeness (QED) is 0.408. The average molecular weight is 220 g/mol. The molecule has 0 spiro atoms. The summed E-state index contributed by atoms with van der Waals surface area (Å²) >= 11 is 0. The van der Waals surface area contributed by atoms with Gasteiger partial charge in [-0.1, -0.05) is 6.08 Å². The minimum absolute atomic E-state index is 0.142. The van der Waals surface area contributed by atoms with Crippen LogP contribution in [0.2, 0.25) is 0 Å². The van der Waals surface area contributed by atoms with E-state index in [1.54, 1.807) is 0 Å². The highest BCUT2D eigenvalue weighted by Gasteiger charge is 2.43. The zero-order valence-electron chi connectivity index (χ0n) is 8.19. The van der Waals surface area contributed by atoms with Gasteiger partial charge in [-0.15, -0.1) is 6.58 Å². The summed E-state index contributed by atoms with van der Waals surface area (Å²) in [7, 11) is 0. The molecule has 1 heterocycles. The van der Waals surface area contributed by atoms with Crippen molar-refractivity contribution in [2.24, 2.45) is 0 Å². The van der Waals surface area contributed by atoms with Crippen LogP contribution in [0.15, 0.2) is 12.7 Å². The van der Waals surface area contributed by atoms with E-state index < -0.39 is 37.3 Å². The summed E-state index contributed by atoms with van der Waals surface area (Å²) in [6.45, 7) is 3.10. The molecule has 1 rings (SSSR count). The van der Waals surface area contributed by atoms with Crippen LogP contribution in [0.3, 0.4) is 0 Å². The van der Waals surface area contributed by atoms with Crippen molar-refractivity contribution in [3.8, 4) is 0 Å². The molecule has 1 fully saturated rings. The molecular weight excluding hydrogens is 204 g/mol. The van der Waals surface area contributed by atoms with Gasteiger partial charge in [-0.05, 0) is 0 Å². The molecule has 5 atom stereocenters. The lowest BCUT2D eigenvalue weighted by atomic mass is 9.99. The smallest absolute Gasteiger partial charge is 0.187 e. The SMILES string of the molecule is C=CCO[C@H]1O[C@H](CO)[C@H](O)[C@H](O)[C@H]1O. The van der Waals surface area contributed by atoms with Gasteiger partial charge in [0.05, 0.1) is 13.2 Å². The van der Waals surface area contributed by atoms with Crippen LogP contribution in [0.1, 0.15) is 0 Å². The fraction of sp³-hybridized carbons (Fsp3) is 0.778. The Morgan fingerprint density at radius 2 is 1.87 bits per heavy atom. The Kier molecular flexibility index (Phi) is 4.65. The maximum atomic E-state index is 9.47. The third-order valence-corrected chi connectivity index (χ3v) is 2.23. The third kappa shape index (κ3) is 2.75. The highest BCUT2D eigenvalue weighted by atomic mass is 16.7. The number of ether oxygens (including phenoxy) is 2. The van der Waals surface area contributed by atoms with Crippen molar-refractivity contribution >= 4 is 0 Å². The van der Waals surface area contributed by atoms with E-state index in [9.17, 15) is 15.3 Å². The molecule has 4 N–H and O–H groups in total. The maximum absolute atomic E-state index is 9.47. The average Bonchev–Trinajstić information content (AvgIpc) is 2.25. The molecule has 0 aromatic carbocycles. The second-order valence-corrected chi connectivity index (χ2v) is 3.32. The van der Waals surface area contributed by atoms with Crippen LogP contribution in [-0.4, -0.2) is 64.3 Å². The second-order valence-electron chi connectivity index (χ2n) is 3.32. The summed E-state index contributed by atoms with van der Waals surface area (Å²) in [5, 5.41) is 37.1. The molecule has 1 aliphatic rings. The zero-order valence-corrected chi connectivity index (χ0v) is 8.19. The maximum Gasteiger partial charge on any atom is 0.187 e. The predicted molar refractivity (Wildman–Crippen MR) is 49.9 cm³/mol. The highest BCUT2D eigenvalue weighted by molar-refractivity contribution is 4.89. The number of aliphatic hydroxyl groups is 4. The van der Waals surface area contributed by atoms with Crippen molar-refractivity contribution in [2.75, 3.05) is 13.2 Å². The van der Waals surface area contributed by atoms with Crippen LogP contribution in [-0.2, 0) is 9.47 Å². The molecule has 0 saturated carbocycles. The summed E-state index contributed by atoms with van der Waals surface area (Å²) in [4.78, 5) is 0. The minimum Gasteiger partial charge on any atom is -0.394 e. The standard InChI is InChI=1S/C9H16O6/c1-2-3-14-9-8(13)7(12)6(11)5(4-10)15-9/h2,5-13H,1,3-4H2/t5-,6+,7+,8-,9+/m1/s1. The topological polar surface area (TPSA) is 99.4 Å². The number of hydrogen-bond acceptors (Lipinski definition) is 6. The van der Waals surface area contributed by atoms with Gasteiger partial charge in [0, 0.05) is 0 Å². The lowest BCUT2D eigenvalue weighted by Gasteiger charge is -2.39. The van der Waals surface area contributed by atoms with Crippen molar-refractivity contribution < 1.29 is 29.9 Å². The first-order chi connectivity index (χ1) is 7.11. The molecule has 0 aromatic heterocycles. The Balaban J connectivity index is 2.60. The van der Waals surface area contributed by atoms with E-state index >= 15 is 0 Å². The Morgan fingerprint density at radius 3 is 2.40 bits per heavy atom. The molecule has 0 bridgehead atoms. The molecule has 0 unspecified atom stereocenters. The first-order valence-electron chi connectivity index (χ1n) is 4.64. The van der Waals surface area contributed by atoms with E-state index in [-0.39, 0.29) is 6.61 Å². The molecule has 0 radical (unpaired) electrons. The molecule has 6 nitrogen and oxygen atoms in total. The largest absolute Gasteiger partial charge is 0.394 e. The minimum atomic E-state index is -1.40. The molecule has 0 aromatic rings. The number of aliphatic hydroxyl groups excluding tert-OH is 4. The monoisotopic (exact) mass is 220 g/mol. The fourth-order valence-corrected chi connectivity index (χ4v) is 1.37. The molecule has 0 amide bonds. The van der Waals surface area contributed by atoms with Crippen LogP contribution < -0.4 is 0 Å². The molecular formula is C9H16O6. The van der Waals surface area contributed by atoms with Crippen molar-refractivity contribution in [1.82, 2.24) is 0 Å². The van der Waals surface area contributed by atoms with Gasteiger partial charge in [0.1, 0.15) is 24.4 Å². The summed E-state index contributed by atoms with van der Waals surface area (Å²) in [5.74, 6) is 0. The number of rotatable bonds is 4. The number of hydrogen-bond donors (Lipinski definition) is 4. The predicted octanol–water partition coefficient (Wildman–Crippen LogP) is -2.01. The van der Waals surface area contributed by atoms with Crippen molar-refractivity contribution in [3.05, 3.63) is 12.7 Å². The van der Waals surface area contributed by atoms with Gasteiger partial charge in [-0.3, -0.25) is 0 Å². The fourth-order valence-electron chi connectivity index (χ4n) is 1.37. The van der Waals surface area contributed by atoms with Crippen LogP contribution in [0, 0.1) is 0 Å². The summed E-state index contributed by atoms with van der Waals surface area (Å²) in [6.07, 6.45) is -4.64. The van der Waals surface area contributed by atoms with E-state index in [0.717, 1.165) is 0 Å². The van der Waals surface area contributed by atoms with E-state index in [1.165, 1.54) is 6.08 Å². The summed E-state index contributed by atoms with van der Waals surface area (Å²) in [6, 6.07) is 0. The highest BCUT2D eigenvalue weighted by Crippen LogP contribution is 2.21. The lowest BCUT2D eigenvalue weighted by molar-refractivity contribution is -0.298. The second kappa shape index (κ2) is 5.55. The van der Waals surface area contributed by atoms with Crippen LogP contribution in [0.25, 0.3) is 0 Å². The zero-order chi connectivity index (χ0) is 11.4. The van der Waals surface area contributed by atoms with Gasteiger partial charge in [0.15, 0.2) is 6.29 Å². The van der Waals surface area contributed by atoms with E-state index in [1.807, 2.05) is 0 Å². The van der Waals surface area contributed by atoms with Crippen molar-refractivity contribution in [1.29, 1.82) is 0 Å². The van der Waals surface area contributed by atoms with Crippen LogP contribution >= 0.6 is 0 Å². The third-order valence-electron chi connectivity index (χ3n) is 2.23. The Hall–Kier alpha value is -0.500. The molecule has 6 heteroatoms.